The molecule has 0 aliphatic carbocycles. The third kappa shape index (κ3) is 2.47. The first-order chi connectivity index (χ1) is 7.66. The van der Waals surface area contributed by atoms with E-state index in [4.69, 9.17) is 4.74 Å². The first-order valence-electron chi connectivity index (χ1n) is 5.82. The van der Waals surface area contributed by atoms with Crippen LogP contribution >= 0.6 is 0 Å². The van der Waals surface area contributed by atoms with E-state index in [0.717, 1.165) is 13.0 Å². The van der Waals surface area contributed by atoms with Crippen molar-refractivity contribution in [2.45, 2.75) is 25.5 Å². The van der Waals surface area contributed by atoms with Crippen molar-refractivity contribution in [1.29, 1.82) is 0 Å². The average molecular weight is 220 g/mol. The quantitative estimate of drug-likeness (QED) is 0.846. The Hall–Kier alpha value is -1.22. The van der Waals surface area contributed by atoms with Crippen LogP contribution in [-0.4, -0.2) is 32.8 Å². The molecule has 2 rings (SSSR count). The van der Waals surface area contributed by atoms with Gasteiger partial charge in [0.2, 0.25) is 0 Å². The molecule has 1 heterocycles. The summed E-state index contributed by atoms with van der Waals surface area (Å²) in [5.74, 6) is 0. The molecule has 3 nitrogen and oxygen atoms in total. The molecular weight excluding hydrogens is 200 g/mol. The van der Waals surface area contributed by atoms with E-state index >= 15 is 0 Å². The zero-order valence-corrected chi connectivity index (χ0v) is 10.2. The van der Waals surface area contributed by atoms with Gasteiger partial charge >= 0.3 is 0 Å². The lowest BCUT2D eigenvalue weighted by atomic mass is 10.1. The first kappa shape index (κ1) is 11.3. The van der Waals surface area contributed by atoms with Crippen molar-refractivity contribution in [3.05, 3.63) is 24.3 Å². The fourth-order valence-corrected chi connectivity index (χ4v) is 1.99. The van der Waals surface area contributed by atoms with Crippen LogP contribution < -0.4 is 10.2 Å². The second-order valence-electron chi connectivity index (χ2n) is 4.56. The summed E-state index contributed by atoms with van der Waals surface area (Å²) in [5.41, 5.74) is 2.40. The standard InChI is InChI=1S/C13H20N2O/c1-10-13(8-9-16-10)14-11-4-6-12(7-5-11)15(2)3/h4-7,10,13-14H,8-9H2,1-3H3. The van der Waals surface area contributed by atoms with Crippen LogP contribution in [0.15, 0.2) is 24.3 Å². The summed E-state index contributed by atoms with van der Waals surface area (Å²) < 4.78 is 5.53. The van der Waals surface area contributed by atoms with Crippen LogP contribution in [0.3, 0.4) is 0 Å². The van der Waals surface area contributed by atoms with Gasteiger partial charge < -0.3 is 15.0 Å². The SMILES string of the molecule is CC1OCCC1Nc1ccc(N(C)C)cc1. The average Bonchev–Trinajstić information content (AvgIpc) is 2.65. The number of ether oxygens (including phenoxy) is 1. The predicted octanol–water partition coefficient (Wildman–Crippen LogP) is 2.34. The van der Waals surface area contributed by atoms with Gasteiger partial charge in [0, 0.05) is 32.1 Å². The van der Waals surface area contributed by atoms with Crippen LogP contribution in [0.5, 0.6) is 0 Å². The van der Waals surface area contributed by atoms with E-state index in [0.29, 0.717) is 12.1 Å². The summed E-state index contributed by atoms with van der Waals surface area (Å²) in [6.07, 6.45) is 1.41. The number of rotatable bonds is 3. The zero-order valence-electron chi connectivity index (χ0n) is 10.2. The van der Waals surface area contributed by atoms with E-state index < -0.39 is 0 Å². The Morgan fingerprint density at radius 2 is 1.94 bits per heavy atom. The van der Waals surface area contributed by atoms with E-state index in [2.05, 4.69) is 55.5 Å². The Bertz CT molecular complexity index is 334. The lowest BCUT2D eigenvalue weighted by molar-refractivity contribution is 0.121. The molecule has 88 valence electrons. The van der Waals surface area contributed by atoms with Gasteiger partial charge in [0.05, 0.1) is 12.1 Å². The number of benzene rings is 1. The molecule has 0 aromatic heterocycles. The third-order valence-electron chi connectivity index (χ3n) is 3.11. The number of nitrogens with one attached hydrogen (secondary N) is 1. The summed E-state index contributed by atoms with van der Waals surface area (Å²) in [4.78, 5) is 2.10. The van der Waals surface area contributed by atoms with Crippen LogP contribution in [0.2, 0.25) is 0 Å². The van der Waals surface area contributed by atoms with Gasteiger partial charge in [0.25, 0.3) is 0 Å². The molecule has 0 radical (unpaired) electrons. The molecule has 0 spiro atoms. The van der Waals surface area contributed by atoms with Gasteiger partial charge in [-0.1, -0.05) is 0 Å². The number of nitrogens with zero attached hydrogens (tertiary/aromatic N) is 1. The van der Waals surface area contributed by atoms with Crippen LogP contribution in [-0.2, 0) is 4.74 Å². The molecule has 1 fully saturated rings. The molecule has 1 aromatic carbocycles. The highest BCUT2D eigenvalue weighted by Gasteiger charge is 2.23. The van der Waals surface area contributed by atoms with Crippen LogP contribution in [0.4, 0.5) is 11.4 Å². The van der Waals surface area contributed by atoms with Crippen molar-refractivity contribution in [3.8, 4) is 0 Å². The highest BCUT2D eigenvalue weighted by Crippen LogP contribution is 2.21. The lowest BCUT2D eigenvalue weighted by Crippen LogP contribution is -2.26. The molecule has 1 aromatic rings. The fourth-order valence-electron chi connectivity index (χ4n) is 1.99. The lowest BCUT2D eigenvalue weighted by Gasteiger charge is -2.18. The molecule has 0 amide bonds. The van der Waals surface area contributed by atoms with Crippen LogP contribution in [0, 0.1) is 0 Å². The monoisotopic (exact) mass is 220 g/mol. The summed E-state index contributed by atoms with van der Waals surface area (Å²) in [6, 6.07) is 8.96. The molecule has 3 heteroatoms. The molecule has 1 aliphatic heterocycles. The Morgan fingerprint density at radius 3 is 2.44 bits per heavy atom. The highest BCUT2D eigenvalue weighted by atomic mass is 16.5. The van der Waals surface area contributed by atoms with E-state index in [1.165, 1.54) is 11.4 Å². The van der Waals surface area contributed by atoms with Gasteiger partial charge in [0.1, 0.15) is 0 Å². The Balaban J connectivity index is 1.99. The Labute approximate surface area is 97.4 Å². The maximum atomic E-state index is 5.53. The molecule has 2 unspecified atom stereocenters. The summed E-state index contributed by atoms with van der Waals surface area (Å²) in [6.45, 7) is 2.99. The molecule has 16 heavy (non-hydrogen) atoms. The van der Waals surface area contributed by atoms with Gasteiger partial charge in [-0.15, -0.1) is 0 Å². The molecule has 0 saturated carbocycles. The summed E-state index contributed by atoms with van der Waals surface area (Å²) in [7, 11) is 4.10. The number of hydrogen-bond acceptors (Lipinski definition) is 3. The van der Waals surface area contributed by atoms with Gasteiger partial charge in [-0.2, -0.15) is 0 Å². The second kappa shape index (κ2) is 4.74. The molecule has 1 aliphatic rings. The fraction of sp³-hybridized carbons (Fsp3) is 0.538. The van der Waals surface area contributed by atoms with E-state index in [1.807, 2.05) is 0 Å². The van der Waals surface area contributed by atoms with Gasteiger partial charge in [-0.3, -0.25) is 0 Å². The largest absolute Gasteiger partial charge is 0.380 e. The second-order valence-corrected chi connectivity index (χ2v) is 4.56. The van der Waals surface area contributed by atoms with E-state index in [9.17, 15) is 0 Å². The van der Waals surface area contributed by atoms with Crippen molar-refractivity contribution >= 4 is 11.4 Å². The molecule has 2 atom stereocenters. The topological polar surface area (TPSA) is 24.5 Å². The summed E-state index contributed by atoms with van der Waals surface area (Å²) >= 11 is 0. The normalized spacial score (nSPS) is 24.4. The molecule has 0 bridgehead atoms. The first-order valence-corrected chi connectivity index (χ1v) is 5.82. The van der Waals surface area contributed by atoms with Crippen LogP contribution in [0.1, 0.15) is 13.3 Å². The number of anilines is 2. The van der Waals surface area contributed by atoms with Crippen molar-refractivity contribution in [2.24, 2.45) is 0 Å². The van der Waals surface area contributed by atoms with Gasteiger partial charge in [-0.05, 0) is 37.6 Å². The minimum atomic E-state index is 0.313. The minimum Gasteiger partial charge on any atom is -0.380 e. The predicted molar refractivity (Wildman–Crippen MR) is 68.2 cm³/mol. The summed E-state index contributed by atoms with van der Waals surface area (Å²) in [5, 5.41) is 3.51. The third-order valence-corrected chi connectivity index (χ3v) is 3.11. The van der Waals surface area contributed by atoms with Gasteiger partial charge in [0.15, 0.2) is 0 Å². The number of hydrogen-bond donors (Lipinski definition) is 1. The van der Waals surface area contributed by atoms with E-state index in [-0.39, 0.29) is 0 Å². The van der Waals surface area contributed by atoms with Crippen molar-refractivity contribution in [2.75, 3.05) is 30.9 Å². The smallest absolute Gasteiger partial charge is 0.0748 e. The minimum absolute atomic E-state index is 0.313. The highest BCUT2D eigenvalue weighted by molar-refractivity contribution is 5.54. The maximum Gasteiger partial charge on any atom is 0.0748 e. The van der Waals surface area contributed by atoms with Crippen LogP contribution in [0.25, 0.3) is 0 Å². The van der Waals surface area contributed by atoms with Crippen molar-refractivity contribution < 1.29 is 4.74 Å². The Kier molecular flexibility index (Phi) is 3.34. The van der Waals surface area contributed by atoms with Crippen molar-refractivity contribution in [3.63, 3.8) is 0 Å². The van der Waals surface area contributed by atoms with E-state index in [1.54, 1.807) is 0 Å². The molecule has 1 saturated heterocycles. The zero-order chi connectivity index (χ0) is 11.5. The molecule has 1 N–H and O–H groups in total. The molecular formula is C13H20N2O. The van der Waals surface area contributed by atoms with Gasteiger partial charge in [-0.25, -0.2) is 0 Å². The Morgan fingerprint density at radius 1 is 1.25 bits per heavy atom. The maximum absolute atomic E-state index is 5.53. The van der Waals surface area contributed by atoms with Crippen molar-refractivity contribution in [1.82, 2.24) is 0 Å².